The average molecular weight is 329 g/mol. The Morgan fingerprint density at radius 2 is 1.65 bits per heavy atom. The van der Waals surface area contributed by atoms with Crippen LogP contribution in [0.2, 0.25) is 5.02 Å². The van der Waals surface area contributed by atoms with Crippen LogP contribution in [0.5, 0.6) is 0 Å². The van der Waals surface area contributed by atoms with Crippen LogP contribution in [0.1, 0.15) is 0 Å². The molecule has 0 aliphatic heterocycles. The first kappa shape index (κ1) is 15.4. The van der Waals surface area contributed by atoms with Crippen molar-refractivity contribution in [1.29, 1.82) is 0 Å². The smallest absolute Gasteiger partial charge is 0.186 e. The van der Waals surface area contributed by atoms with E-state index in [4.69, 9.17) is 11.6 Å². The molecule has 0 amide bonds. The Labute approximate surface area is 138 Å². The second-order valence-electron chi connectivity index (χ2n) is 5.19. The summed E-state index contributed by atoms with van der Waals surface area (Å²) in [6.45, 7) is 0. The van der Waals surface area contributed by atoms with Crippen molar-refractivity contribution in [3.63, 3.8) is 0 Å². The van der Waals surface area contributed by atoms with E-state index < -0.39 is 0 Å². The van der Waals surface area contributed by atoms with E-state index in [1.807, 2.05) is 31.1 Å². The van der Waals surface area contributed by atoms with Crippen molar-refractivity contribution >= 4 is 17.4 Å². The lowest BCUT2D eigenvalue weighted by molar-refractivity contribution is 0.629. The van der Waals surface area contributed by atoms with Gasteiger partial charge in [0, 0.05) is 24.7 Å². The van der Waals surface area contributed by atoms with E-state index in [-0.39, 0.29) is 11.6 Å². The Morgan fingerprint density at radius 3 is 2.30 bits per heavy atom. The van der Waals surface area contributed by atoms with Gasteiger partial charge < -0.3 is 4.90 Å². The summed E-state index contributed by atoms with van der Waals surface area (Å²) in [4.78, 5) is 6.30. The van der Waals surface area contributed by atoms with Gasteiger partial charge in [-0.1, -0.05) is 35.9 Å². The molecule has 6 heteroatoms. The molecule has 0 N–H and O–H groups in total. The summed E-state index contributed by atoms with van der Waals surface area (Å²) in [5.74, 6) is 0.489. The minimum Gasteiger partial charge on any atom is -0.361 e. The highest BCUT2D eigenvalue weighted by Crippen LogP contribution is 2.29. The highest BCUT2D eigenvalue weighted by atomic mass is 35.5. The Bertz CT molecular complexity index is 834. The van der Waals surface area contributed by atoms with Gasteiger partial charge in [0.1, 0.15) is 11.5 Å². The van der Waals surface area contributed by atoms with Crippen LogP contribution in [-0.4, -0.2) is 29.3 Å². The Morgan fingerprint density at radius 1 is 0.957 bits per heavy atom. The zero-order valence-electron chi connectivity index (χ0n) is 12.7. The maximum absolute atomic E-state index is 13.9. The number of hydrogen-bond acceptors (Lipinski definition) is 4. The van der Waals surface area contributed by atoms with Crippen LogP contribution >= 0.6 is 11.6 Å². The van der Waals surface area contributed by atoms with Crippen LogP contribution in [0.4, 0.5) is 10.2 Å². The lowest BCUT2D eigenvalue weighted by atomic mass is 10.1. The second kappa shape index (κ2) is 6.30. The highest BCUT2D eigenvalue weighted by Gasteiger charge is 2.16. The van der Waals surface area contributed by atoms with Gasteiger partial charge in [0.2, 0.25) is 0 Å². The zero-order chi connectivity index (χ0) is 16.4. The first-order valence-electron chi connectivity index (χ1n) is 6.99. The predicted molar refractivity (Wildman–Crippen MR) is 90.0 cm³/mol. The van der Waals surface area contributed by atoms with Gasteiger partial charge in [-0.25, -0.2) is 9.37 Å². The van der Waals surface area contributed by atoms with Gasteiger partial charge in [-0.05, 0) is 24.3 Å². The Kier molecular flexibility index (Phi) is 4.21. The predicted octanol–water partition coefficient (Wildman–Crippen LogP) is 4.06. The summed E-state index contributed by atoms with van der Waals surface area (Å²) in [5.41, 5.74) is 1.79. The van der Waals surface area contributed by atoms with Crippen LogP contribution in [0.25, 0.3) is 22.6 Å². The van der Waals surface area contributed by atoms with E-state index in [2.05, 4.69) is 15.2 Å². The van der Waals surface area contributed by atoms with E-state index in [0.717, 1.165) is 5.56 Å². The van der Waals surface area contributed by atoms with E-state index in [1.54, 1.807) is 30.3 Å². The SMILES string of the molecule is CN(C)c1nc(-c2ccccc2F)nnc1-c1ccc(Cl)cc1. The number of aromatic nitrogens is 3. The van der Waals surface area contributed by atoms with E-state index in [0.29, 0.717) is 22.1 Å². The molecule has 3 rings (SSSR count). The molecule has 0 aliphatic rings. The molecule has 23 heavy (non-hydrogen) atoms. The van der Waals surface area contributed by atoms with Gasteiger partial charge in [0.25, 0.3) is 0 Å². The van der Waals surface area contributed by atoms with Gasteiger partial charge in [0.05, 0.1) is 5.56 Å². The van der Waals surface area contributed by atoms with Crippen LogP contribution in [0, 0.1) is 5.82 Å². The van der Waals surface area contributed by atoms with Gasteiger partial charge in [-0.2, -0.15) is 0 Å². The van der Waals surface area contributed by atoms with Crippen molar-refractivity contribution in [2.45, 2.75) is 0 Å². The summed E-state index contributed by atoms with van der Waals surface area (Å²) >= 11 is 5.92. The van der Waals surface area contributed by atoms with Crippen molar-refractivity contribution in [1.82, 2.24) is 15.2 Å². The fraction of sp³-hybridized carbons (Fsp3) is 0.118. The number of anilines is 1. The molecule has 1 aromatic heterocycles. The molecule has 1 heterocycles. The third kappa shape index (κ3) is 3.14. The van der Waals surface area contributed by atoms with Crippen molar-refractivity contribution in [2.75, 3.05) is 19.0 Å². The minimum atomic E-state index is -0.377. The second-order valence-corrected chi connectivity index (χ2v) is 5.63. The third-order valence-corrected chi connectivity index (χ3v) is 3.58. The van der Waals surface area contributed by atoms with Crippen molar-refractivity contribution in [3.8, 4) is 22.6 Å². The summed E-state index contributed by atoms with van der Waals surface area (Å²) in [5, 5.41) is 8.99. The molecule has 116 valence electrons. The molecular weight excluding hydrogens is 315 g/mol. The molecule has 0 unspecified atom stereocenters. The quantitative estimate of drug-likeness (QED) is 0.727. The van der Waals surface area contributed by atoms with E-state index in [9.17, 15) is 4.39 Å². The summed E-state index contributed by atoms with van der Waals surface area (Å²) in [6.07, 6.45) is 0. The standard InChI is InChI=1S/C17H14ClFN4/c1-23(2)17-15(11-7-9-12(18)10-8-11)21-22-16(20-17)13-5-3-4-6-14(13)19/h3-10H,1-2H3. The van der Waals surface area contributed by atoms with Gasteiger partial charge in [-0.3, -0.25) is 0 Å². The lowest BCUT2D eigenvalue weighted by Crippen LogP contribution is -2.14. The molecule has 2 aromatic carbocycles. The maximum atomic E-state index is 13.9. The van der Waals surface area contributed by atoms with Crippen molar-refractivity contribution in [3.05, 3.63) is 59.4 Å². The Hall–Kier alpha value is -2.53. The molecule has 0 spiro atoms. The lowest BCUT2D eigenvalue weighted by Gasteiger charge is -2.16. The maximum Gasteiger partial charge on any atom is 0.186 e. The summed E-state index contributed by atoms with van der Waals surface area (Å²) < 4.78 is 13.9. The number of benzene rings is 2. The molecule has 0 saturated carbocycles. The molecule has 0 atom stereocenters. The van der Waals surface area contributed by atoms with Crippen LogP contribution in [0.15, 0.2) is 48.5 Å². The zero-order valence-corrected chi connectivity index (χ0v) is 13.4. The van der Waals surface area contributed by atoms with Crippen LogP contribution in [-0.2, 0) is 0 Å². The topological polar surface area (TPSA) is 41.9 Å². The molecule has 0 radical (unpaired) electrons. The summed E-state index contributed by atoms with van der Waals surface area (Å²) in [6, 6.07) is 13.6. The Balaban J connectivity index is 2.13. The highest BCUT2D eigenvalue weighted by molar-refractivity contribution is 6.30. The van der Waals surface area contributed by atoms with Gasteiger partial charge in [-0.15, -0.1) is 10.2 Å². The normalized spacial score (nSPS) is 10.6. The van der Waals surface area contributed by atoms with E-state index >= 15 is 0 Å². The molecule has 0 aliphatic carbocycles. The number of nitrogens with zero attached hydrogens (tertiary/aromatic N) is 4. The molecule has 4 nitrogen and oxygen atoms in total. The first-order valence-corrected chi connectivity index (χ1v) is 7.37. The molecular formula is C17H14ClFN4. The fourth-order valence-electron chi connectivity index (χ4n) is 2.18. The first-order chi connectivity index (χ1) is 11.1. The minimum absolute atomic E-state index is 0.254. The van der Waals surface area contributed by atoms with E-state index in [1.165, 1.54) is 6.07 Å². The van der Waals surface area contributed by atoms with Crippen molar-refractivity contribution < 1.29 is 4.39 Å². The number of rotatable bonds is 3. The molecule has 3 aromatic rings. The fourth-order valence-corrected chi connectivity index (χ4v) is 2.31. The van der Waals surface area contributed by atoms with Gasteiger partial charge >= 0.3 is 0 Å². The number of halogens is 2. The monoisotopic (exact) mass is 328 g/mol. The average Bonchev–Trinajstić information content (AvgIpc) is 2.55. The largest absolute Gasteiger partial charge is 0.361 e. The molecule has 0 saturated heterocycles. The third-order valence-electron chi connectivity index (χ3n) is 3.32. The van der Waals surface area contributed by atoms with Crippen LogP contribution < -0.4 is 4.90 Å². The summed E-state index contributed by atoms with van der Waals surface area (Å²) in [7, 11) is 3.71. The molecule has 0 fully saturated rings. The van der Waals surface area contributed by atoms with Crippen LogP contribution in [0.3, 0.4) is 0 Å². The number of hydrogen-bond donors (Lipinski definition) is 0. The molecule has 0 bridgehead atoms. The van der Waals surface area contributed by atoms with Crippen molar-refractivity contribution in [2.24, 2.45) is 0 Å². The van der Waals surface area contributed by atoms with Gasteiger partial charge in [0.15, 0.2) is 11.6 Å².